The molecule has 2 N–H and O–H groups in total. The summed E-state index contributed by atoms with van der Waals surface area (Å²) in [6, 6.07) is 1.98. The lowest BCUT2D eigenvalue weighted by Crippen LogP contribution is -2.38. The van der Waals surface area contributed by atoms with E-state index in [9.17, 15) is 4.79 Å². The molecule has 1 rings (SSSR count). The monoisotopic (exact) mass is 466 g/mol. The third-order valence-corrected chi connectivity index (χ3v) is 3.62. The molecule has 0 fully saturated rings. The van der Waals surface area contributed by atoms with Crippen molar-refractivity contribution < 1.29 is 14.1 Å². The fourth-order valence-corrected chi connectivity index (χ4v) is 2.31. The summed E-state index contributed by atoms with van der Waals surface area (Å²) in [7, 11) is 1.68. The van der Waals surface area contributed by atoms with E-state index in [1.165, 1.54) is 0 Å². The van der Waals surface area contributed by atoms with Crippen LogP contribution in [0.15, 0.2) is 15.6 Å². The van der Waals surface area contributed by atoms with Gasteiger partial charge in [-0.15, -0.1) is 24.0 Å². The van der Waals surface area contributed by atoms with Gasteiger partial charge in [-0.2, -0.15) is 0 Å². The number of carbonyl (C=O) groups excluding carboxylic acids is 1. The van der Waals surface area contributed by atoms with Crippen molar-refractivity contribution in [2.75, 3.05) is 13.6 Å². The molecule has 7 nitrogen and oxygen atoms in total. The predicted octanol–water partition coefficient (Wildman–Crippen LogP) is 3.20. The van der Waals surface area contributed by atoms with Crippen molar-refractivity contribution in [2.45, 2.75) is 65.5 Å². The van der Waals surface area contributed by atoms with E-state index in [-0.39, 0.29) is 36.0 Å². The molecule has 0 spiro atoms. The highest BCUT2D eigenvalue weighted by Gasteiger charge is 2.13. The van der Waals surface area contributed by atoms with Crippen LogP contribution in [0.3, 0.4) is 0 Å². The lowest BCUT2D eigenvalue weighted by Gasteiger charge is -2.11. The average Bonchev–Trinajstić information content (AvgIpc) is 3.00. The zero-order valence-electron chi connectivity index (χ0n) is 15.8. The Morgan fingerprint density at radius 2 is 2.00 bits per heavy atom. The summed E-state index contributed by atoms with van der Waals surface area (Å²) in [5, 5.41) is 10.4. The number of rotatable bonds is 9. The van der Waals surface area contributed by atoms with Crippen molar-refractivity contribution in [3.63, 3.8) is 0 Å². The van der Waals surface area contributed by atoms with Crippen LogP contribution < -0.4 is 10.6 Å². The van der Waals surface area contributed by atoms with Crippen LogP contribution in [0, 0.1) is 0 Å². The number of halogens is 1. The molecular formula is C17H31IN4O3. The van der Waals surface area contributed by atoms with Gasteiger partial charge in [0.1, 0.15) is 0 Å². The lowest BCUT2D eigenvalue weighted by atomic mass is 9.99. The number of esters is 1. The minimum atomic E-state index is -0.224. The van der Waals surface area contributed by atoms with E-state index in [0.717, 1.165) is 24.3 Å². The first-order chi connectivity index (χ1) is 11.5. The van der Waals surface area contributed by atoms with Crippen molar-refractivity contribution in [1.29, 1.82) is 0 Å². The van der Waals surface area contributed by atoms with Gasteiger partial charge in [0.2, 0.25) is 0 Å². The number of carbonyl (C=O) groups is 1. The SMILES string of the molecule is CCC(CC)c1cc(CNC(=NC)NCCC(=O)OC(C)C)on1.I. The summed E-state index contributed by atoms with van der Waals surface area (Å²) in [6.45, 7) is 8.91. The lowest BCUT2D eigenvalue weighted by molar-refractivity contribution is -0.147. The zero-order valence-corrected chi connectivity index (χ0v) is 18.1. The molecule has 0 aliphatic carbocycles. The standard InChI is InChI=1S/C17H30N4O3.HI/c1-6-13(7-2)15-10-14(24-21-15)11-20-17(18-5)19-9-8-16(22)23-12(3)4;/h10,12-13H,6-9,11H2,1-5H3,(H2,18,19,20);1H. The van der Waals surface area contributed by atoms with Crippen LogP contribution >= 0.6 is 24.0 Å². The van der Waals surface area contributed by atoms with E-state index in [0.29, 0.717) is 31.4 Å². The van der Waals surface area contributed by atoms with Gasteiger partial charge in [-0.25, -0.2) is 0 Å². The maximum atomic E-state index is 11.5. The number of ether oxygens (including phenoxy) is 1. The van der Waals surface area contributed by atoms with E-state index in [4.69, 9.17) is 9.26 Å². The van der Waals surface area contributed by atoms with Gasteiger partial charge >= 0.3 is 5.97 Å². The second kappa shape index (κ2) is 13.0. The number of guanidine groups is 1. The van der Waals surface area contributed by atoms with Crippen LogP contribution in [0.1, 0.15) is 64.3 Å². The normalized spacial score (nSPS) is 11.4. The third-order valence-electron chi connectivity index (χ3n) is 3.62. The second-order valence-corrected chi connectivity index (χ2v) is 5.87. The Hall–Kier alpha value is -1.32. The molecule has 0 saturated carbocycles. The van der Waals surface area contributed by atoms with Gasteiger partial charge < -0.3 is 19.9 Å². The predicted molar refractivity (Wildman–Crippen MR) is 109 cm³/mol. The van der Waals surface area contributed by atoms with Crippen molar-refractivity contribution in [3.05, 3.63) is 17.5 Å². The Kier molecular flexibility index (Phi) is 12.3. The Bertz CT molecular complexity index is 528. The fourth-order valence-electron chi connectivity index (χ4n) is 2.31. The molecule has 1 heterocycles. The Morgan fingerprint density at radius 1 is 1.32 bits per heavy atom. The summed E-state index contributed by atoms with van der Waals surface area (Å²) in [4.78, 5) is 15.6. The van der Waals surface area contributed by atoms with Crippen molar-refractivity contribution in [1.82, 2.24) is 15.8 Å². The molecule has 0 aromatic carbocycles. The highest BCUT2D eigenvalue weighted by Crippen LogP contribution is 2.22. The van der Waals surface area contributed by atoms with E-state index in [2.05, 4.69) is 34.6 Å². The molecule has 0 aliphatic heterocycles. The maximum Gasteiger partial charge on any atom is 0.307 e. The van der Waals surface area contributed by atoms with Crippen molar-refractivity contribution in [3.8, 4) is 0 Å². The first-order valence-electron chi connectivity index (χ1n) is 8.59. The number of hydrogen-bond acceptors (Lipinski definition) is 5. The average molecular weight is 466 g/mol. The van der Waals surface area contributed by atoms with Gasteiger partial charge in [0.05, 0.1) is 24.8 Å². The van der Waals surface area contributed by atoms with E-state index in [1.807, 2.05) is 19.9 Å². The molecule has 0 aliphatic rings. The van der Waals surface area contributed by atoms with Gasteiger partial charge in [-0.1, -0.05) is 19.0 Å². The van der Waals surface area contributed by atoms with Crippen LogP contribution in [0.4, 0.5) is 0 Å². The molecule has 144 valence electrons. The zero-order chi connectivity index (χ0) is 17.9. The van der Waals surface area contributed by atoms with Gasteiger partial charge in [-0.3, -0.25) is 9.79 Å². The van der Waals surface area contributed by atoms with Crippen LogP contribution in [-0.2, 0) is 16.1 Å². The molecule has 0 amide bonds. The second-order valence-electron chi connectivity index (χ2n) is 5.87. The highest BCUT2D eigenvalue weighted by atomic mass is 127. The van der Waals surface area contributed by atoms with E-state index in [1.54, 1.807) is 7.05 Å². The van der Waals surface area contributed by atoms with Gasteiger partial charge in [-0.05, 0) is 26.7 Å². The first kappa shape index (κ1) is 23.7. The summed E-state index contributed by atoms with van der Waals surface area (Å²) in [5.41, 5.74) is 0.996. The van der Waals surface area contributed by atoms with Crippen molar-refractivity contribution >= 4 is 35.9 Å². The highest BCUT2D eigenvalue weighted by molar-refractivity contribution is 14.0. The Morgan fingerprint density at radius 3 is 2.56 bits per heavy atom. The maximum absolute atomic E-state index is 11.5. The minimum Gasteiger partial charge on any atom is -0.463 e. The first-order valence-corrected chi connectivity index (χ1v) is 8.59. The topological polar surface area (TPSA) is 88.8 Å². The van der Waals surface area contributed by atoms with Gasteiger partial charge in [0, 0.05) is 25.6 Å². The molecule has 0 bridgehead atoms. The minimum absolute atomic E-state index is 0. The van der Waals surface area contributed by atoms with Gasteiger partial charge in [0.25, 0.3) is 0 Å². The van der Waals surface area contributed by atoms with Crippen LogP contribution in [-0.4, -0.2) is 36.8 Å². The fraction of sp³-hybridized carbons (Fsp3) is 0.706. The van der Waals surface area contributed by atoms with E-state index < -0.39 is 0 Å². The van der Waals surface area contributed by atoms with Crippen LogP contribution in [0.25, 0.3) is 0 Å². The van der Waals surface area contributed by atoms with E-state index >= 15 is 0 Å². The molecule has 8 heteroatoms. The molecular weight excluding hydrogens is 435 g/mol. The smallest absolute Gasteiger partial charge is 0.307 e. The number of nitrogens with one attached hydrogen (secondary N) is 2. The van der Waals surface area contributed by atoms with Gasteiger partial charge in [0.15, 0.2) is 11.7 Å². The molecule has 0 atom stereocenters. The number of aliphatic imine (C=N–C) groups is 1. The quantitative estimate of drug-likeness (QED) is 0.252. The largest absolute Gasteiger partial charge is 0.463 e. The molecule has 1 aromatic heterocycles. The number of nitrogens with zero attached hydrogens (tertiary/aromatic N) is 2. The summed E-state index contributed by atoms with van der Waals surface area (Å²) < 4.78 is 10.4. The molecule has 1 aromatic rings. The molecule has 0 radical (unpaired) electrons. The van der Waals surface area contributed by atoms with Crippen LogP contribution in [0.5, 0.6) is 0 Å². The Labute approximate surface area is 167 Å². The third kappa shape index (κ3) is 9.08. The number of hydrogen-bond donors (Lipinski definition) is 2. The number of aromatic nitrogens is 1. The summed E-state index contributed by atoms with van der Waals surface area (Å²) >= 11 is 0. The molecule has 0 saturated heterocycles. The van der Waals surface area contributed by atoms with Crippen LogP contribution in [0.2, 0.25) is 0 Å². The summed E-state index contributed by atoms with van der Waals surface area (Å²) in [5.74, 6) is 1.58. The Balaban J connectivity index is 0.00000576. The van der Waals surface area contributed by atoms with Crippen molar-refractivity contribution in [2.24, 2.45) is 4.99 Å². The molecule has 25 heavy (non-hydrogen) atoms. The molecule has 0 unspecified atom stereocenters. The summed E-state index contributed by atoms with van der Waals surface area (Å²) in [6.07, 6.45) is 2.29.